The molecule has 0 aliphatic heterocycles. The topological polar surface area (TPSA) is 50.4 Å². The molecule has 3 aromatic carbocycles. The molecule has 0 fully saturated rings. The summed E-state index contributed by atoms with van der Waals surface area (Å²) in [5, 5.41) is 5.18. The number of nitrogens with one attached hydrogen (secondary N) is 2. The lowest BCUT2D eigenvalue weighted by Crippen LogP contribution is -2.32. The van der Waals surface area contributed by atoms with E-state index in [9.17, 15) is 18.0 Å². The first-order valence-corrected chi connectivity index (χ1v) is 8.48. The van der Waals surface area contributed by atoms with E-state index in [4.69, 9.17) is 4.74 Å². The Balaban J connectivity index is 1.60. The van der Waals surface area contributed by atoms with Gasteiger partial charge in [0.05, 0.1) is 5.69 Å². The number of hydrogen-bond acceptors (Lipinski definition) is 3. The van der Waals surface area contributed by atoms with Crippen molar-refractivity contribution in [2.45, 2.75) is 13.0 Å². The van der Waals surface area contributed by atoms with Crippen LogP contribution in [0.1, 0.15) is 6.92 Å². The highest BCUT2D eigenvalue weighted by atomic mass is 19.2. The molecule has 0 radical (unpaired) electrons. The fraction of sp³-hybridized carbons (Fsp3) is 0.0952. The van der Waals surface area contributed by atoms with Crippen molar-refractivity contribution in [2.75, 3.05) is 10.6 Å². The number of carbonyl (C=O) groups excluding carboxylic acids is 1. The number of para-hydroxylation sites is 1. The zero-order valence-electron chi connectivity index (χ0n) is 14.9. The van der Waals surface area contributed by atoms with Crippen LogP contribution in [0.5, 0.6) is 11.5 Å². The maximum atomic E-state index is 13.7. The van der Waals surface area contributed by atoms with Gasteiger partial charge < -0.3 is 15.4 Å². The fourth-order valence-corrected chi connectivity index (χ4v) is 2.42. The van der Waals surface area contributed by atoms with Crippen LogP contribution in [0.15, 0.2) is 66.7 Å². The zero-order chi connectivity index (χ0) is 20.1. The van der Waals surface area contributed by atoms with Gasteiger partial charge >= 0.3 is 0 Å². The molecule has 0 heterocycles. The smallest absolute Gasteiger partial charge is 0.246 e. The molecule has 0 saturated heterocycles. The maximum absolute atomic E-state index is 13.7. The molecular weight excluding hydrogens is 369 g/mol. The molecule has 3 rings (SSSR count). The molecule has 0 unspecified atom stereocenters. The Labute approximate surface area is 160 Å². The molecule has 0 spiro atoms. The van der Waals surface area contributed by atoms with Crippen LogP contribution in [-0.2, 0) is 4.79 Å². The molecule has 2 N–H and O–H groups in total. The Kier molecular flexibility index (Phi) is 5.84. The van der Waals surface area contributed by atoms with E-state index in [-0.39, 0.29) is 0 Å². The molecule has 0 bridgehead atoms. The largest absolute Gasteiger partial charge is 0.457 e. The van der Waals surface area contributed by atoms with E-state index in [1.807, 2.05) is 30.3 Å². The van der Waals surface area contributed by atoms with Gasteiger partial charge in [-0.1, -0.05) is 18.2 Å². The van der Waals surface area contributed by atoms with Gasteiger partial charge in [-0.15, -0.1) is 0 Å². The molecule has 0 aliphatic rings. The summed E-state index contributed by atoms with van der Waals surface area (Å²) in [6.07, 6.45) is 0. The summed E-state index contributed by atoms with van der Waals surface area (Å²) in [6.45, 7) is 1.56. The van der Waals surface area contributed by atoms with Crippen molar-refractivity contribution >= 4 is 17.3 Å². The van der Waals surface area contributed by atoms with E-state index in [0.29, 0.717) is 17.2 Å². The number of ether oxygens (including phenoxy) is 1. The second-order valence-corrected chi connectivity index (χ2v) is 6.02. The number of anilines is 2. The minimum Gasteiger partial charge on any atom is -0.457 e. The lowest BCUT2D eigenvalue weighted by molar-refractivity contribution is -0.116. The Hall–Kier alpha value is -3.48. The Morgan fingerprint density at radius 3 is 2.18 bits per heavy atom. The minimum atomic E-state index is -1.63. The van der Waals surface area contributed by atoms with Crippen molar-refractivity contribution in [2.24, 2.45) is 0 Å². The molecule has 7 heteroatoms. The molecular formula is C21H17F3N2O2. The van der Waals surface area contributed by atoms with E-state index in [0.717, 1.165) is 12.1 Å². The van der Waals surface area contributed by atoms with Crippen LogP contribution in [0, 0.1) is 17.5 Å². The molecule has 1 atom stereocenters. The number of halogens is 3. The van der Waals surface area contributed by atoms with Gasteiger partial charge in [0.15, 0.2) is 17.5 Å². The monoisotopic (exact) mass is 386 g/mol. The number of amides is 1. The van der Waals surface area contributed by atoms with Gasteiger partial charge in [0.25, 0.3) is 0 Å². The first-order valence-electron chi connectivity index (χ1n) is 8.48. The summed E-state index contributed by atoms with van der Waals surface area (Å²) in [7, 11) is 0. The number of carbonyl (C=O) groups is 1. The second kappa shape index (κ2) is 8.47. The number of rotatable bonds is 6. The Bertz CT molecular complexity index is 963. The van der Waals surface area contributed by atoms with E-state index in [1.165, 1.54) is 0 Å². The van der Waals surface area contributed by atoms with Gasteiger partial charge in [-0.3, -0.25) is 4.79 Å². The van der Waals surface area contributed by atoms with Crippen molar-refractivity contribution in [3.05, 3.63) is 84.2 Å². The van der Waals surface area contributed by atoms with E-state index in [1.54, 1.807) is 31.2 Å². The SMILES string of the molecule is C[C@H](Nc1ccc(Oc2ccccc2)cc1)C(=O)Nc1ccc(F)c(F)c1F. The molecule has 3 aromatic rings. The molecule has 0 aromatic heterocycles. The minimum absolute atomic E-state index is 0.427. The lowest BCUT2D eigenvalue weighted by atomic mass is 10.2. The quantitative estimate of drug-likeness (QED) is 0.563. The Morgan fingerprint density at radius 2 is 1.50 bits per heavy atom. The van der Waals surface area contributed by atoms with Gasteiger partial charge in [-0.25, -0.2) is 13.2 Å². The molecule has 0 aliphatic carbocycles. The lowest BCUT2D eigenvalue weighted by Gasteiger charge is -2.16. The summed E-state index contributed by atoms with van der Waals surface area (Å²) in [4.78, 5) is 12.2. The molecule has 144 valence electrons. The molecule has 1 amide bonds. The van der Waals surface area contributed by atoms with E-state index < -0.39 is 35.1 Å². The van der Waals surface area contributed by atoms with Gasteiger partial charge in [-0.05, 0) is 55.5 Å². The normalized spacial score (nSPS) is 11.6. The predicted molar refractivity (Wildman–Crippen MR) is 101 cm³/mol. The van der Waals surface area contributed by atoms with Crippen molar-refractivity contribution < 1.29 is 22.7 Å². The van der Waals surface area contributed by atoms with Gasteiger partial charge in [0, 0.05) is 5.69 Å². The summed E-state index contributed by atoms with van der Waals surface area (Å²) in [5.41, 5.74) is 0.206. The van der Waals surface area contributed by atoms with Crippen LogP contribution >= 0.6 is 0 Å². The predicted octanol–water partition coefficient (Wildman–Crippen LogP) is 5.34. The van der Waals surface area contributed by atoms with Crippen molar-refractivity contribution in [3.63, 3.8) is 0 Å². The zero-order valence-corrected chi connectivity index (χ0v) is 14.9. The van der Waals surface area contributed by atoms with Crippen LogP contribution in [0.2, 0.25) is 0 Å². The van der Waals surface area contributed by atoms with E-state index in [2.05, 4.69) is 10.6 Å². The first kappa shape index (κ1) is 19.3. The Morgan fingerprint density at radius 1 is 0.857 bits per heavy atom. The van der Waals surface area contributed by atoms with Crippen LogP contribution in [0.25, 0.3) is 0 Å². The molecule has 28 heavy (non-hydrogen) atoms. The van der Waals surface area contributed by atoms with Crippen LogP contribution in [-0.4, -0.2) is 11.9 Å². The standard InChI is InChI=1S/C21H17F3N2O2/c1-13(21(27)26-18-12-11-17(22)19(23)20(18)24)25-14-7-9-16(10-8-14)28-15-5-3-2-4-6-15/h2-13,25H,1H3,(H,26,27)/t13-/m0/s1. The third-order valence-electron chi connectivity index (χ3n) is 3.90. The maximum Gasteiger partial charge on any atom is 0.246 e. The van der Waals surface area contributed by atoms with Crippen molar-refractivity contribution in [3.8, 4) is 11.5 Å². The van der Waals surface area contributed by atoms with Crippen LogP contribution in [0.3, 0.4) is 0 Å². The van der Waals surface area contributed by atoms with Gasteiger partial charge in [0.1, 0.15) is 17.5 Å². The van der Waals surface area contributed by atoms with Crippen molar-refractivity contribution in [1.29, 1.82) is 0 Å². The van der Waals surface area contributed by atoms with Gasteiger partial charge in [0.2, 0.25) is 5.91 Å². The third-order valence-corrected chi connectivity index (χ3v) is 3.90. The summed E-state index contributed by atoms with van der Waals surface area (Å²) >= 11 is 0. The fourth-order valence-electron chi connectivity index (χ4n) is 2.42. The highest BCUT2D eigenvalue weighted by Gasteiger charge is 2.18. The second-order valence-electron chi connectivity index (χ2n) is 6.02. The molecule has 0 saturated carbocycles. The van der Waals surface area contributed by atoms with Crippen molar-refractivity contribution in [1.82, 2.24) is 0 Å². The third kappa shape index (κ3) is 4.62. The highest BCUT2D eigenvalue weighted by molar-refractivity contribution is 5.96. The number of hydrogen-bond donors (Lipinski definition) is 2. The average Bonchev–Trinajstić information content (AvgIpc) is 2.70. The van der Waals surface area contributed by atoms with Crippen LogP contribution in [0.4, 0.5) is 24.5 Å². The summed E-state index contributed by atoms with van der Waals surface area (Å²) in [6, 6.07) is 17.1. The van der Waals surface area contributed by atoms with Gasteiger partial charge in [-0.2, -0.15) is 0 Å². The average molecular weight is 386 g/mol. The summed E-state index contributed by atoms with van der Waals surface area (Å²) in [5.74, 6) is -3.67. The molecule has 4 nitrogen and oxygen atoms in total. The van der Waals surface area contributed by atoms with E-state index >= 15 is 0 Å². The number of benzene rings is 3. The summed E-state index contributed by atoms with van der Waals surface area (Å²) < 4.78 is 45.6. The van der Waals surface area contributed by atoms with Crippen LogP contribution < -0.4 is 15.4 Å². The first-order chi connectivity index (χ1) is 13.4. The highest BCUT2D eigenvalue weighted by Crippen LogP contribution is 2.23.